The Hall–Kier alpha value is -1.94. The number of nitrogens with two attached hydrogens (primary N) is 1. The van der Waals surface area contributed by atoms with Crippen LogP contribution in [-0.2, 0) is 6.54 Å². The third kappa shape index (κ3) is 3.51. The predicted octanol–water partition coefficient (Wildman–Crippen LogP) is 2.66. The molecule has 0 atom stereocenters. The van der Waals surface area contributed by atoms with Gasteiger partial charge in [0, 0.05) is 25.4 Å². The van der Waals surface area contributed by atoms with Crippen LogP contribution >= 0.6 is 12.2 Å². The van der Waals surface area contributed by atoms with E-state index >= 15 is 0 Å². The molecule has 0 amide bonds. The summed E-state index contributed by atoms with van der Waals surface area (Å²) in [6.07, 6.45) is 1.87. The molecule has 0 spiro atoms. The maximum atomic E-state index is 5.65. The summed E-state index contributed by atoms with van der Waals surface area (Å²) < 4.78 is 0. The van der Waals surface area contributed by atoms with Gasteiger partial charge in [0.15, 0.2) is 0 Å². The number of hydrogen-bond donors (Lipinski definition) is 1. The van der Waals surface area contributed by atoms with Crippen molar-refractivity contribution >= 4 is 23.0 Å². The van der Waals surface area contributed by atoms with Crippen LogP contribution in [0.25, 0.3) is 0 Å². The van der Waals surface area contributed by atoms with E-state index in [1.807, 2.05) is 44.4 Å². The molecule has 0 unspecified atom stereocenters. The number of pyridine rings is 1. The van der Waals surface area contributed by atoms with Crippen molar-refractivity contribution in [1.29, 1.82) is 0 Å². The smallest absolute Gasteiger partial charge is 0.128 e. The zero-order valence-electron chi connectivity index (χ0n) is 11.1. The third-order valence-corrected chi connectivity index (χ3v) is 3.15. The molecule has 0 saturated carbocycles. The second-order valence-corrected chi connectivity index (χ2v) is 5.05. The molecule has 3 nitrogen and oxygen atoms in total. The Morgan fingerprint density at radius 1 is 1.32 bits per heavy atom. The van der Waals surface area contributed by atoms with Crippen LogP contribution in [-0.4, -0.2) is 17.0 Å². The van der Waals surface area contributed by atoms with E-state index in [-0.39, 0.29) is 0 Å². The first kappa shape index (κ1) is 13.5. The number of aromatic nitrogens is 1. The topological polar surface area (TPSA) is 42.1 Å². The summed E-state index contributed by atoms with van der Waals surface area (Å²) in [5, 5.41) is 0. The first-order valence-corrected chi connectivity index (χ1v) is 6.49. The van der Waals surface area contributed by atoms with Gasteiger partial charge in [0.1, 0.15) is 10.8 Å². The van der Waals surface area contributed by atoms with Gasteiger partial charge < -0.3 is 10.6 Å². The maximum Gasteiger partial charge on any atom is 0.128 e. The van der Waals surface area contributed by atoms with E-state index in [4.69, 9.17) is 18.0 Å². The number of hydrogen-bond acceptors (Lipinski definition) is 3. The van der Waals surface area contributed by atoms with Crippen LogP contribution in [0.2, 0.25) is 0 Å². The second kappa shape index (κ2) is 5.80. The van der Waals surface area contributed by atoms with Crippen molar-refractivity contribution in [2.75, 3.05) is 11.9 Å². The zero-order valence-corrected chi connectivity index (χ0v) is 11.9. The van der Waals surface area contributed by atoms with Gasteiger partial charge in [-0.2, -0.15) is 0 Å². The summed E-state index contributed by atoms with van der Waals surface area (Å²) in [5.41, 5.74) is 8.87. The first-order chi connectivity index (χ1) is 9.06. The molecular weight excluding hydrogens is 254 g/mol. The van der Waals surface area contributed by atoms with Crippen molar-refractivity contribution in [2.24, 2.45) is 5.73 Å². The monoisotopic (exact) mass is 271 g/mol. The number of nitrogens with zero attached hydrogens (tertiary/aromatic N) is 2. The lowest BCUT2D eigenvalue weighted by Crippen LogP contribution is -2.18. The van der Waals surface area contributed by atoms with Gasteiger partial charge in [-0.3, -0.25) is 0 Å². The van der Waals surface area contributed by atoms with Crippen molar-refractivity contribution in [3.63, 3.8) is 0 Å². The van der Waals surface area contributed by atoms with Gasteiger partial charge in [-0.25, -0.2) is 4.98 Å². The summed E-state index contributed by atoms with van der Waals surface area (Å²) in [5.74, 6) is 0.950. The molecule has 0 aliphatic heterocycles. The summed E-state index contributed by atoms with van der Waals surface area (Å²) in [6, 6.07) is 12.1. The molecule has 0 aliphatic rings. The standard InChI is InChI=1S/C15H17N3S/c1-11-6-7-14(17-9-11)18(2)10-12-4-3-5-13(8-12)15(16)19/h3-9H,10H2,1-2H3,(H2,16,19). The second-order valence-electron chi connectivity index (χ2n) is 4.61. The molecule has 2 aromatic rings. The average Bonchev–Trinajstić information content (AvgIpc) is 2.39. The fraction of sp³-hybridized carbons (Fsp3) is 0.200. The molecule has 0 aliphatic carbocycles. The largest absolute Gasteiger partial charge is 0.389 e. The number of rotatable bonds is 4. The van der Waals surface area contributed by atoms with Crippen LogP contribution in [0.4, 0.5) is 5.82 Å². The lowest BCUT2D eigenvalue weighted by molar-refractivity contribution is 0.896. The molecule has 0 radical (unpaired) electrons. The minimum Gasteiger partial charge on any atom is -0.389 e. The van der Waals surface area contributed by atoms with Gasteiger partial charge >= 0.3 is 0 Å². The van der Waals surface area contributed by atoms with Gasteiger partial charge in [-0.1, -0.05) is 36.5 Å². The van der Waals surface area contributed by atoms with Gasteiger partial charge in [0.25, 0.3) is 0 Å². The SMILES string of the molecule is Cc1ccc(N(C)Cc2cccc(C(N)=S)c2)nc1. The van der Waals surface area contributed by atoms with Crippen molar-refractivity contribution in [2.45, 2.75) is 13.5 Å². The maximum absolute atomic E-state index is 5.65. The molecule has 0 bridgehead atoms. The van der Waals surface area contributed by atoms with Crippen LogP contribution in [0.5, 0.6) is 0 Å². The van der Waals surface area contributed by atoms with E-state index in [9.17, 15) is 0 Å². The molecule has 1 aromatic carbocycles. The molecule has 1 heterocycles. The van der Waals surface area contributed by atoms with Gasteiger partial charge in [-0.15, -0.1) is 0 Å². The predicted molar refractivity (Wildman–Crippen MR) is 83.4 cm³/mol. The summed E-state index contributed by atoms with van der Waals surface area (Å²) in [4.78, 5) is 6.93. The van der Waals surface area contributed by atoms with Crippen LogP contribution in [0.3, 0.4) is 0 Å². The van der Waals surface area contributed by atoms with E-state index < -0.39 is 0 Å². The first-order valence-electron chi connectivity index (χ1n) is 6.09. The normalized spacial score (nSPS) is 10.2. The Balaban J connectivity index is 2.14. The summed E-state index contributed by atoms with van der Waals surface area (Å²) in [7, 11) is 2.02. The van der Waals surface area contributed by atoms with Crippen molar-refractivity contribution in [3.8, 4) is 0 Å². The Kier molecular flexibility index (Phi) is 4.12. The molecule has 4 heteroatoms. The van der Waals surface area contributed by atoms with Crippen molar-refractivity contribution in [3.05, 3.63) is 59.3 Å². The lowest BCUT2D eigenvalue weighted by atomic mass is 10.1. The molecule has 0 fully saturated rings. The summed E-state index contributed by atoms with van der Waals surface area (Å²) >= 11 is 4.99. The van der Waals surface area contributed by atoms with Gasteiger partial charge in [0.2, 0.25) is 0 Å². The molecular formula is C15H17N3S. The van der Waals surface area contributed by atoms with E-state index in [0.29, 0.717) is 4.99 Å². The van der Waals surface area contributed by atoms with E-state index in [0.717, 1.165) is 29.1 Å². The minimum absolute atomic E-state index is 0.429. The Morgan fingerprint density at radius 3 is 2.74 bits per heavy atom. The molecule has 0 saturated heterocycles. The highest BCUT2D eigenvalue weighted by Crippen LogP contribution is 2.14. The number of thiocarbonyl (C=S) groups is 1. The highest BCUT2D eigenvalue weighted by atomic mass is 32.1. The Labute approximate surface area is 119 Å². The number of anilines is 1. The highest BCUT2D eigenvalue weighted by molar-refractivity contribution is 7.80. The number of aryl methyl sites for hydroxylation is 1. The van der Waals surface area contributed by atoms with E-state index in [1.54, 1.807) is 0 Å². The molecule has 98 valence electrons. The van der Waals surface area contributed by atoms with E-state index in [1.165, 1.54) is 0 Å². The molecule has 2 N–H and O–H groups in total. The molecule has 19 heavy (non-hydrogen) atoms. The Bertz CT molecular complexity index is 578. The number of benzene rings is 1. The van der Waals surface area contributed by atoms with Gasteiger partial charge in [-0.05, 0) is 30.2 Å². The van der Waals surface area contributed by atoms with Crippen LogP contribution in [0.1, 0.15) is 16.7 Å². The van der Waals surface area contributed by atoms with Gasteiger partial charge in [0.05, 0.1) is 0 Å². The fourth-order valence-corrected chi connectivity index (χ4v) is 1.99. The van der Waals surface area contributed by atoms with Crippen molar-refractivity contribution < 1.29 is 0 Å². The highest BCUT2D eigenvalue weighted by Gasteiger charge is 2.04. The minimum atomic E-state index is 0.429. The Morgan fingerprint density at radius 2 is 2.11 bits per heavy atom. The van der Waals surface area contributed by atoms with E-state index in [2.05, 4.69) is 22.0 Å². The zero-order chi connectivity index (χ0) is 13.8. The van der Waals surface area contributed by atoms with Crippen LogP contribution in [0, 0.1) is 6.92 Å². The molecule has 2 rings (SSSR count). The van der Waals surface area contributed by atoms with Crippen LogP contribution < -0.4 is 10.6 Å². The molecule has 1 aromatic heterocycles. The average molecular weight is 271 g/mol. The van der Waals surface area contributed by atoms with Crippen LogP contribution in [0.15, 0.2) is 42.6 Å². The summed E-state index contributed by atoms with van der Waals surface area (Å²) in [6.45, 7) is 2.80. The fourth-order valence-electron chi connectivity index (χ4n) is 1.86. The van der Waals surface area contributed by atoms with Crippen molar-refractivity contribution in [1.82, 2.24) is 4.98 Å². The quantitative estimate of drug-likeness (QED) is 0.868. The third-order valence-electron chi connectivity index (χ3n) is 2.92. The lowest BCUT2D eigenvalue weighted by Gasteiger charge is -2.18.